The molecule has 0 radical (unpaired) electrons. The Morgan fingerprint density at radius 2 is 1.82 bits per heavy atom. The fourth-order valence-electron chi connectivity index (χ4n) is 4.69. The Bertz CT molecular complexity index is 1160. The van der Waals surface area contributed by atoms with Gasteiger partial charge in [-0.05, 0) is 79.1 Å². The highest BCUT2D eigenvalue weighted by Gasteiger charge is 2.28. The summed E-state index contributed by atoms with van der Waals surface area (Å²) in [5.41, 5.74) is 1.01. The Labute approximate surface area is 244 Å². The number of anilines is 1. The number of carbonyl (C=O) groups excluding carboxylic acids is 3. The molecule has 0 saturated heterocycles. The van der Waals surface area contributed by atoms with Crippen molar-refractivity contribution < 1.29 is 28.6 Å². The number of hydrogen-bond acceptors (Lipinski definition) is 7. The van der Waals surface area contributed by atoms with Gasteiger partial charge in [-0.3, -0.25) is 4.79 Å². The lowest BCUT2D eigenvalue weighted by Crippen LogP contribution is -2.36. The van der Waals surface area contributed by atoms with E-state index in [2.05, 4.69) is 29.8 Å². The van der Waals surface area contributed by atoms with Gasteiger partial charge in [-0.2, -0.15) is 0 Å². The van der Waals surface area contributed by atoms with Gasteiger partial charge in [-0.1, -0.05) is 45.2 Å². The quantitative estimate of drug-likeness (QED) is 0.253. The summed E-state index contributed by atoms with van der Waals surface area (Å²) in [5, 5.41) is 0. The molecule has 1 aliphatic carbocycles. The van der Waals surface area contributed by atoms with Crippen molar-refractivity contribution in [2.24, 2.45) is 11.8 Å². The monoisotopic (exact) mass is 621 g/mol. The summed E-state index contributed by atoms with van der Waals surface area (Å²) >= 11 is 4.81. The van der Waals surface area contributed by atoms with Crippen LogP contribution in [0.5, 0.6) is 5.75 Å². The van der Waals surface area contributed by atoms with Crippen molar-refractivity contribution in [3.63, 3.8) is 0 Å². The minimum atomic E-state index is -0.653. The van der Waals surface area contributed by atoms with Gasteiger partial charge in [0.2, 0.25) is 5.91 Å². The van der Waals surface area contributed by atoms with Crippen molar-refractivity contribution in [1.29, 1.82) is 0 Å². The molecule has 1 aromatic carbocycles. The first kappa shape index (κ1) is 31.1. The molecule has 0 aliphatic heterocycles. The summed E-state index contributed by atoms with van der Waals surface area (Å²) in [4.78, 5) is 41.2. The van der Waals surface area contributed by atoms with Crippen molar-refractivity contribution in [3.05, 3.63) is 33.6 Å². The van der Waals surface area contributed by atoms with Crippen LogP contribution in [0.3, 0.4) is 0 Å². The normalized spacial score (nSPS) is 14.3. The molecule has 7 nitrogen and oxygen atoms in total. The third-order valence-electron chi connectivity index (χ3n) is 6.40. The van der Waals surface area contributed by atoms with E-state index in [0.29, 0.717) is 23.4 Å². The molecule has 0 N–H and O–H groups in total. The number of thiophene rings is 1. The fraction of sp³-hybridized carbons (Fsp3) is 0.567. The highest BCUT2D eigenvalue weighted by molar-refractivity contribution is 9.10. The number of carbonyl (C=O) groups is 3. The third kappa shape index (κ3) is 8.80. The Balaban J connectivity index is 1.95. The molecule has 1 aromatic heterocycles. The average molecular weight is 623 g/mol. The molecule has 1 heterocycles. The van der Waals surface area contributed by atoms with Crippen molar-refractivity contribution in [2.45, 2.75) is 78.7 Å². The fourth-order valence-corrected chi connectivity index (χ4v) is 6.66. The second-order valence-electron chi connectivity index (χ2n) is 11.4. The van der Waals surface area contributed by atoms with Crippen LogP contribution in [-0.4, -0.2) is 43.7 Å². The predicted molar refractivity (Wildman–Crippen MR) is 159 cm³/mol. The first-order valence-electron chi connectivity index (χ1n) is 13.6. The van der Waals surface area contributed by atoms with E-state index in [0.717, 1.165) is 29.0 Å². The lowest BCUT2D eigenvalue weighted by atomic mass is 9.88. The zero-order valence-corrected chi connectivity index (χ0v) is 26.2. The second kappa shape index (κ2) is 13.8. The molecule has 3 rings (SSSR count). The maximum atomic E-state index is 13.4. The number of nitrogens with zero attached hydrogens (tertiary/aromatic N) is 1. The van der Waals surface area contributed by atoms with Crippen molar-refractivity contribution in [3.8, 4) is 16.2 Å². The predicted octanol–water partition coefficient (Wildman–Crippen LogP) is 7.64. The molecular formula is C30H40BrNO6S. The minimum Gasteiger partial charge on any atom is -0.479 e. The maximum Gasteiger partial charge on any atom is 0.351 e. The van der Waals surface area contributed by atoms with Crippen LogP contribution in [-0.2, 0) is 19.1 Å². The molecule has 214 valence electrons. The van der Waals surface area contributed by atoms with Crippen LogP contribution in [0.2, 0.25) is 0 Å². The zero-order chi connectivity index (χ0) is 28.7. The van der Waals surface area contributed by atoms with Gasteiger partial charge in [0.15, 0.2) is 17.2 Å². The number of rotatable bonds is 10. The molecule has 39 heavy (non-hydrogen) atoms. The SMILES string of the molecule is COC(=O)c1sc(-c2cccc(N(CC3CCCCC3)C(=O)CC(C)C)c2)c(Br)c1OCC(=O)OC(C)(C)C. The lowest BCUT2D eigenvalue weighted by molar-refractivity contribution is -0.157. The average Bonchev–Trinajstić information content (AvgIpc) is 3.20. The molecule has 1 amide bonds. The molecule has 0 atom stereocenters. The summed E-state index contributed by atoms with van der Waals surface area (Å²) in [6, 6.07) is 7.81. The number of halogens is 1. The Kier molecular flexibility index (Phi) is 11.0. The van der Waals surface area contributed by atoms with Gasteiger partial charge in [0.1, 0.15) is 5.60 Å². The molecule has 1 fully saturated rings. The number of esters is 2. The van der Waals surface area contributed by atoms with E-state index in [-0.39, 0.29) is 29.1 Å². The third-order valence-corrected chi connectivity index (χ3v) is 8.62. The Hall–Kier alpha value is -2.39. The van der Waals surface area contributed by atoms with E-state index < -0.39 is 17.5 Å². The molecule has 2 aromatic rings. The Morgan fingerprint density at radius 1 is 1.13 bits per heavy atom. The van der Waals surface area contributed by atoms with Crippen LogP contribution in [0.1, 0.15) is 82.8 Å². The van der Waals surface area contributed by atoms with Crippen molar-refractivity contribution in [2.75, 3.05) is 25.2 Å². The number of ether oxygens (including phenoxy) is 3. The van der Waals surface area contributed by atoms with E-state index >= 15 is 0 Å². The van der Waals surface area contributed by atoms with Gasteiger partial charge in [0.25, 0.3) is 0 Å². The smallest absolute Gasteiger partial charge is 0.351 e. The van der Waals surface area contributed by atoms with Crippen LogP contribution in [0.4, 0.5) is 5.69 Å². The van der Waals surface area contributed by atoms with Crippen LogP contribution in [0.15, 0.2) is 28.7 Å². The Morgan fingerprint density at radius 3 is 2.44 bits per heavy atom. The van der Waals surface area contributed by atoms with Crippen LogP contribution in [0, 0.1) is 11.8 Å². The lowest BCUT2D eigenvalue weighted by Gasteiger charge is -2.30. The molecule has 1 saturated carbocycles. The number of methoxy groups -OCH3 is 1. The maximum absolute atomic E-state index is 13.4. The van der Waals surface area contributed by atoms with Gasteiger partial charge in [-0.25, -0.2) is 9.59 Å². The van der Waals surface area contributed by atoms with E-state index in [1.165, 1.54) is 37.7 Å². The molecule has 1 aliphatic rings. The molecular weight excluding hydrogens is 582 g/mol. The van der Waals surface area contributed by atoms with E-state index in [1.54, 1.807) is 20.8 Å². The number of hydrogen-bond donors (Lipinski definition) is 0. The van der Waals surface area contributed by atoms with Crippen LogP contribution in [0.25, 0.3) is 10.4 Å². The van der Waals surface area contributed by atoms with Crippen LogP contribution >= 0.6 is 27.3 Å². The van der Waals surface area contributed by atoms with Crippen LogP contribution < -0.4 is 9.64 Å². The molecule has 0 unspecified atom stereocenters. The topological polar surface area (TPSA) is 82.1 Å². The van der Waals surface area contributed by atoms with E-state index in [1.807, 2.05) is 29.2 Å². The standard InChI is InChI=1S/C30H40BrNO6S/c1-19(2)15-23(33)32(17-20-11-8-7-9-12-20)22-14-10-13-21(16-22)27-25(31)26(28(39-27)29(35)36-6)37-18-24(34)38-30(3,4)5/h10,13-14,16,19-20H,7-9,11-12,15,17-18H2,1-6H3. The molecule has 0 spiro atoms. The van der Waals surface area contributed by atoms with Gasteiger partial charge >= 0.3 is 11.9 Å². The zero-order valence-electron chi connectivity index (χ0n) is 23.8. The first-order chi connectivity index (χ1) is 18.4. The highest BCUT2D eigenvalue weighted by Crippen LogP contribution is 2.46. The summed E-state index contributed by atoms with van der Waals surface area (Å²) in [6.45, 7) is 9.80. The number of benzene rings is 1. The number of amides is 1. The van der Waals surface area contributed by atoms with Crippen molar-refractivity contribution >= 4 is 50.8 Å². The second-order valence-corrected chi connectivity index (χ2v) is 13.2. The first-order valence-corrected chi connectivity index (χ1v) is 15.2. The molecule has 9 heteroatoms. The van der Waals surface area contributed by atoms with E-state index in [4.69, 9.17) is 14.2 Å². The highest BCUT2D eigenvalue weighted by atomic mass is 79.9. The van der Waals surface area contributed by atoms with Gasteiger partial charge in [-0.15, -0.1) is 11.3 Å². The molecule has 0 bridgehead atoms. The van der Waals surface area contributed by atoms with Gasteiger partial charge in [0, 0.05) is 18.7 Å². The van der Waals surface area contributed by atoms with E-state index in [9.17, 15) is 14.4 Å². The minimum absolute atomic E-state index is 0.120. The summed E-state index contributed by atoms with van der Waals surface area (Å²) in [6.07, 6.45) is 6.45. The van der Waals surface area contributed by atoms with Gasteiger partial charge < -0.3 is 19.1 Å². The summed E-state index contributed by atoms with van der Waals surface area (Å²) in [5.74, 6) is -0.00276. The summed E-state index contributed by atoms with van der Waals surface area (Å²) < 4.78 is 16.7. The largest absolute Gasteiger partial charge is 0.479 e. The van der Waals surface area contributed by atoms with Gasteiger partial charge in [0.05, 0.1) is 16.5 Å². The summed E-state index contributed by atoms with van der Waals surface area (Å²) in [7, 11) is 1.30. The van der Waals surface area contributed by atoms with Crippen molar-refractivity contribution in [1.82, 2.24) is 0 Å².